The quantitative estimate of drug-likeness (QED) is 0.175. The Balaban J connectivity index is 0.000000167. The van der Waals surface area contributed by atoms with Crippen molar-refractivity contribution in [3.63, 3.8) is 0 Å². The molecular formula is C44H44ClN7O8. The van der Waals surface area contributed by atoms with Gasteiger partial charge in [0, 0.05) is 68.6 Å². The predicted octanol–water partition coefficient (Wildman–Crippen LogP) is 3.49. The number of halogens is 1. The highest BCUT2D eigenvalue weighted by Crippen LogP contribution is 2.33. The molecular weight excluding hydrogens is 790 g/mol. The van der Waals surface area contributed by atoms with Gasteiger partial charge in [-0.15, -0.1) is 0 Å². The highest BCUT2D eigenvalue weighted by Gasteiger charge is 2.41. The molecule has 6 amide bonds. The SMILES string of the molecule is O=C1CCC(N2Cc3cc(O[C@H]4CCN(Cc5ccc6nc(Cl)ccc6c5)C4)ccc3C2=O)C(=O)N1.O=C1CCC(N2Cc3cc(O[C@H]4CCNC4)ccc3C2=O)C(=O)N1. The number of carbonyl (C=O) groups is 6. The number of piperidine rings is 2. The van der Waals surface area contributed by atoms with Crippen molar-refractivity contribution in [2.45, 2.75) is 82.5 Å². The van der Waals surface area contributed by atoms with Gasteiger partial charge < -0.3 is 24.6 Å². The van der Waals surface area contributed by atoms with Crippen LogP contribution >= 0.6 is 11.6 Å². The fourth-order valence-electron chi connectivity index (χ4n) is 8.91. The van der Waals surface area contributed by atoms with Crippen LogP contribution in [-0.2, 0) is 38.8 Å². The van der Waals surface area contributed by atoms with E-state index in [0.717, 1.165) is 79.1 Å². The van der Waals surface area contributed by atoms with Gasteiger partial charge in [0.05, 0.1) is 5.52 Å². The number of hydrogen-bond donors (Lipinski definition) is 3. The molecule has 3 N–H and O–H groups in total. The van der Waals surface area contributed by atoms with Crippen LogP contribution in [-0.4, -0.2) is 106 Å². The molecule has 60 heavy (non-hydrogen) atoms. The van der Waals surface area contributed by atoms with Crippen molar-refractivity contribution in [1.82, 2.24) is 35.6 Å². The minimum Gasteiger partial charge on any atom is -0.489 e. The Morgan fingerprint density at radius 1 is 0.683 bits per heavy atom. The zero-order chi connectivity index (χ0) is 41.5. The van der Waals surface area contributed by atoms with E-state index in [1.165, 1.54) is 5.56 Å². The van der Waals surface area contributed by atoms with Crippen molar-refractivity contribution >= 4 is 57.9 Å². The van der Waals surface area contributed by atoms with E-state index in [9.17, 15) is 28.8 Å². The van der Waals surface area contributed by atoms with Crippen molar-refractivity contribution in [1.29, 1.82) is 0 Å². The fourth-order valence-corrected chi connectivity index (χ4v) is 9.06. The van der Waals surface area contributed by atoms with Crippen LogP contribution in [0.25, 0.3) is 10.9 Å². The molecule has 2 unspecified atom stereocenters. The summed E-state index contributed by atoms with van der Waals surface area (Å²) in [6.07, 6.45) is 3.35. The van der Waals surface area contributed by atoms with Gasteiger partial charge in [0.25, 0.3) is 11.8 Å². The summed E-state index contributed by atoms with van der Waals surface area (Å²) in [5.74, 6) is -0.208. The fraction of sp³-hybridized carbons (Fsp3) is 0.386. The van der Waals surface area contributed by atoms with E-state index in [4.69, 9.17) is 21.1 Å². The number of pyridine rings is 1. The number of aromatic nitrogens is 1. The second kappa shape index (κ2) is 16.6. The number of hydrogen-bond acceptors (Lipinski definition) is 11. The van der Waals surface area contributed by atoms with Gasteiger partial charge in [-0.1, -0.05) is 17.7 Å². The largest absolute Gasteiger partial charge is 0.489 e. The zero-order valence-corrected chi connectivity index (χ0v) is 33.5. The monoisotopic (exact) mass is 833 g/mol. The minimum absolute atomic E-state index is 0.0623. The summed E-state index contributed by atoms with van der Waals surface area (Å²) in [4.78, 5) is 82.4. The molecule has 16 heteroatoms. The number of benzene rings is 3. The molecule has 4 fully saturated rings. The van der Waals surface area contributed by atoms with Crippen LogP contribution in [0.1, 0.15) is 75.9 Å². The van der Waals surface area contributed by atoms with Crippen LogP contribution in [0.4, 0.5) is 0 Å². The van der Waals surface area contributed by atoms with Crippen molar-refractivity contribution in [3.8, 4) is 11.5 Å². The lowest BCUT2D eigenvalue weighted by molar-refractivity contribution is -0.138. The highest BCUT2D eigenvalue weighted by atomic mass is 35.5. The predicted molar refractivity (Wildman–Crippen MR) is 218 cm³/mol. The molecule has 310 valence electrons. The van der Waals surface area contributed by atoms with Gasteiger partial charge in [0.15, 0.2) is 0 Å². The van der Waals surface area contributed by atoms with Crippen LogP contribution < -0.4 is 25.4 Å². The third kappa shape index (κ3) is 8.29. The molecule has 0 saturated carbocycles. The van der Waals surface area contributed by atoms with Gasteiger partial charge in [0.2, 0.25) is 23.6 Å². The number of rotatable bonds is 8. The summed E-state index contributed by atoms with van der Waals surface area (Å²) in [5.41, 5.74) is 5.02. The van der Waals surface area contributed by atoms with Gasteiger partial charge in [0.1, 0.15) is 40.9 Å². The highest BCUT2D eigenvalue weighted by molar-refractivity contribution is 6.29. The molecule has 10 rings (SSSR count). The first kappa shape index (κ1) is 39.6. The van der Waals surface area contributed by atoms with Crippen molar-refractivity contribution in [2.24, 2.45) is 0 Å². The van der Waals surface area contributed by atoms with Crippen molar-refractivity contribution < 1.29 is 38.2 Å². The maximum absolute atomic E-state index is 12.9. The number of nitrogens with zero attached hydrogens (tertiary/aromatic N) is 4. The van der Waals surface area contributed by atoms with E-state index in [0.29, 0.717) is 42.2 Å². The zero-order valence-electron chi connectivity index (χ0n) is 32.8. The summed E-state index contributed by atoms with van der Waals surface area (Å²) in [6, 6.07) is 19.8. The lowest BCUT2D eigenvalue weighted by Crippen LogP contribution is -2.52. The first-order valence-electron chi connectivity index (χ1n) is 20.4. The van der Waals surface area contributed by atoms with E-state index >= 15 is 0 Å². The lowest BCUT2D eigenvalue weighted by Gasteiger charge is -2.29. The molecule has 15 nitrogen and oxygen atoms in total. The number of ether oxygens (including phenoxy) is 2. The van der Waals surface area contributed by atoms with E-state index in [2.05, 4.69) is 38.0 Å². The van der Waals surface area contributed by atoms with Crippen LogP contribution in [0.3, 0.4) is 0 Å². The summed E-state index contributed by atoms with van der Waals surface area (Å²) < 4.78 is 12.2. The molecule has 4 atom stereocenters. The molecule has 4 saturated heterocycles. The number of nitrogens with one attached hydrogen (secondary N) is 3. The van der Waals surface area contributed by atoms with Gasteiger partial charge in [-0.25, -0.2) is 4.98 Å². The molecule has 1 aromatic heterocycles. The molecule has 0 bridgehead atoms. The summed E-state index contributed by atoms with van der Waals surface area (Å²) in [5, 5.41) is 9.46. The Morgan fingerprint density at radius 3 is 1.88 bits per heavy atom. The van der Waals surface area contributed by atoms with Crippen molar-refractivity contribution in [3.05, 3.63) is 99.7 Å². The molecule has 6 aliphatic heterocycles. The number of imide groups is 2. The summed E-state index contributed by atoms with van der Waals surface area (Å²) in [6.45, 7) is 5.09. The van der Waals surface area contributed by atoms with Crippen LogP contribution in [0.5, 0.6) is 11.5 Å². The van der Waals surface area contributed by atoms with Gasteiger partial charge in [-0.05, 0) is 110 Å². The Morgan fingerprint density at radius 2 is 1.30 bits per heavy atom. The third-order valence-corrected chi connectivity index (χ3v) is 12.2. The second-order valence-electron chi connectivity index (χ2n) is 16.1. The Bertz CT molecular complexity index is 2420. The topological polar surface area (TPSA) is 180 Å². The number of fused-ring (bicyclic) bond motifs is 3. The molecule has 7 heterocycles. The summed E-state index contributed by atoms with van der Waals surface area (Å²) in [7, 11) is 0. The molecule has 0 radical (unpaired) electrons. The molecule has 4 aromatic rings. The van der Waals surface area contributed by atoms with Gasteiger partial charge in [-0.2, -0.15) is 0 Å². The van der Waals surface area contributed by atoms with E-state index in [1.807, 2.05) is 42.5 Å². The Labute approximate surface area is 350 Å². The molecule has 3 aromatic carbocycles. The second-order valence-corrected chi connectivity index (χ2v) is 16.5. The van der Waals surface area contributed by atoms with Gasteiger partial charge in [-0.3, -0.25) is 44.3 Å². The Kier molecular flexibility index (Phi) is 11.0. The van der Waals surface area contributed by atoms with Crippen molar-refractivity contribution in [2.75, 3.05) is 26.2 Å². The Hall–Kier alpha value is -5.90. The summed E-state index contributed by atoms with van der Waals surface area (Å²) >= 11 is 5.99. The van der Waals surface area contributed by atoms with Crippen LogP contribution in [0.15, 0.2) is 66.7 Å². The molecule has 6 aliphatic rings. The van der Waals surface area contributed by atoms with E-state index in [1.54, 1.807) is 21.9 Å². The molecule has 0 spiro atoms. The average molecular weight is 834 g/mol. The smallest absolute Gasteiger partial charge is 0.255 e. The van der Waals surface area contributed by atoms with Crippen LogP contribution in [0.2, 0.25) is 5.15 Å². The number of likely N-dealkylation sites (tertiary alicyclic amines) is 1. The number of carbonyl (C=O) groups excluding carboxylic acids is 6. The first-order valence-corrected chi connectivity index (χ1v) is 20.8. The first-order chi connectivity index (χ1) is 29.0. The lowest BCUT2D eigenvalue weighted by atomic mass is 10.0. The van der Waals surface area contributed by atoms with Crippen LogP contribution in [0, 0.1) is 0 Å². The minimum atomic E-state index is -0.613. The molecule has 0 aliphatic carbocycles. The average Bonchev–Trinajstić information content (AvgIpc) is 4.03. The van der Waals surface area contributed by atoms with Gasteiger partial charge >= 0.3 is 0 Å². The third-order valence-electron chi connectivity index (χ3n) is 12.0. The maximum Gasteiger partial charge on any atom is 0.255 e. The maximum atomic E-state index is 12.9. The van der Waals surface area contributed by atoms with E-state index < -0.39 is 18.0 Å². The standard InChI is InChI=1S/C27H25ClN4O4.C17H19N3O4/c28-24-7-2-17-11-16(1-5-22(17)29-24)13-31-10-9-20(15-31)36-19-3-4-21-18(12-19)14-32(27(21)35)23-6-8-25(33)30-26(23)34;21-15-4-3-14(16(22)19-15)20-9-10-7-11(1-2-13(10)17(20)23)24-12-5-6-18-8-12/h1-5,7,11-12,20,23H,6,8-10,13-15H2,(H,30,33,34);1-2,7,12,14,18H,3-6,8-9H2,(H,19,21,22)/t20-,23?;12-,14?/m00/s1. The van der Waals surface area contributed by atoms with E-state index in [-0.39, 0.29) is 54.6 Å². The normalized spacial score (nSPS) is 23.9. The number of amides is 6.